The average Bonchev–Trinajstić information content (AvgIpc) is 3.14. The van der Waals surface area contributed by atoms with Gasteiger partial charge in [-0.2, -0.15) is 0 Å². The zero-order valence-electron chi connectivity index (χ0n) is 10.3. The largest absolute Gasteiger partial charge is 0.355 e. The summed E-state index contributed by atoms with van der Waals surface area (Å²) in [7, 11) is 0. The van der Waals surface area contributed by atoms with Gasteiger partial charge in [0.2, 0.25) is 11.8 Å². The van der Waals surface area contributed by atoms with E-state index in [0.717, 1.165) is 18.4 Å². The van der Waals surface area contributed by atoms with Crippen LogP contribution in [0.5, 0.6) is 0 Å². The summed E-state index contributed by atoms with van der Waals surface area (Å²) in [5, 5.41) is 5.64. The third-order valence-corrected chi connectivity index (χ3v) is 2.82. The molecule has 0 spiro atoms. The molecule has 4 nitrogen and oxygen atoms in total. The van der Waals surface area contributed by atoms with Crippen molar-refractivity contribution in [1.82, 2.24) is 10.6 Å². The lowest BCUT2D eigenvalue weighted by molar-refractivity contribution is -0.122. The summed E-state index contributed by atoms with van der Waals surface area (Å²) in [6.45, 7) is 0.407. The summed E-state index contributed by atoms with van der Waals surface area (Å²) in [5.74, 6) is -0.0158. The molecule has 1 saturated carbocycles. The SMILES string of the molecule is O=C(Cc1ccccc1)NCCC(=O)NC1CC1. The first kappa shape index (κ1) is 12.6. The van der Waals surface area contributed by atoms with Crippen molar-refractivity contribution in [2.45, 2.75) is 31.7 Å². The van der Waals surface area contributed by atoms with Crippen LogP contribution in [-0.2, 0) is 16.0 Å². The predicted octanol–water partition coefficient (Wildman–Crippen LogP) is 1.01. The molecule has 2 N–H and O–H groups in total. The van der Waals surface area contributed by atoms with Crippen molar-refractivity contribution in [3.8, 4) is 0 Å². The van der Waals surface area contributed by atoms with Gasteiger partial charge in [-0.3, -0.25) is 9.59 Å². The summed E-state index contributed by atoms with van der Waals surface area (Å²) < 4.78 is 0. The Balaban J connectivity index is 1.61. The third kappa shape index (κ3) is 4.57. The van der Waals surface area contributed by atoms with Gasteiger partial charge in [0.1, 0.15) is 0 Å². The molecule has 0 heterocycles. The van der Waals surface area contributed by atoms with Crippen LogP contribution in [-0.4, -0.2) is 24.4 Å². The van der Waals surface area contributed by atoms with Gasteiger partial charge in [-0.25, -0.2) is 0 Å². The maximum absolute atomic E-state index is 11.6. The number of benzene rings is 1. The summed E-state index contributed by atoms with van der Waals surface area (Å²) in [6, 6.07) is 9.96. The fourth-order valence-electron chi connectivity index (χ4n) is 1.69. The monoisotopic (exact) mass is 246 g/mol. The quantitative estimate of drug-likeness (QED) is 0.787. The second-order valence-corrected chi connectivity index (χ2v) is 4.60. The zero-order chi connectivity index (χ0) is 12.8. The molecule has 2 amide bonds. The molecule has 4 heteroatoms. The molecule has 1 fully saturated rings. The fraction of sp³-hybridized carbons (Fsp3) is 0.429. The Labute approximate surface area is 107 Å². The Morgan fingerprint density at radius 1 is 1.11 bits per heavy atom. The molecule has 0 saturated heterocycles. The van der Waals surface area contributed by atoms with Crippen LogP contribution in [0.1, 0.15) is 24.8 Å². The van der Waals surface area contributed by atoms with E-state index in [2.05, 4.69) is 10.6 Å². The molecule has 1 aliphatic rings. The van der Waals surface area contributed by atoms with E-state index in [1.807, 2.05) is 30.3 Å². The summed E-state index contributed by atoms with van der Waals surface area (Å²) in [5.41, 5.74) is 0.984. The van der Waals surface area contributed by atoms with Gasteiger partial charge in [0, 0.05) is 19.0 Å². The molecule has 0 bridgehead atoms. The first-order valence-electron chi connectivity index (χ1n) is 6.34. The van der Waals surface area contributed by atoms with Gasteiger partial charge in [-0.15, -0.1) is 0 Å². The molecule has 1 aromatic rings. The number of hydrogen-bond donors (Lipinski definition) is 2. The molecular weight excluding hydrogens is 228 g/mol. The van der Waals surface area contributed by atoms with Crippen molar-refractivity contribution < 1.29 is 9.59 Å². The van der Waals surface area contributed by atoms with Crippen LogP contribution in [0, 0.1) is 0 Å². The third-order valence-electron chi connectivity index (χ3n) is 2.82. The number of hydrogen-bond acceptors (Lipinski definition) is 2. The molecule has 96 valence electrons. The van der Waals surface area contributed by atoms with E-state index in [9.17, 15) is 9.59 Å². The lowest BCUT2D eigenvalue weighted by Gasteiger charge is -2.06. The lowest BCUT2D eigenvalue weighted by Crippen LogP contribution is -2.32. The molecule has 1 aliphatic carbocycles. The Hall–Kier alpha value is -1.84. The predicted molar refractivity (Wildman–Crippen MR) is 68.9 cm³/mol. The molecule has 0 aliphatic heterocycles. The maximum Gasteiger partial charge on any atom is 0.224 e. The van der Waals surface area contributed by atoms with Crippen molar-refractivity contribution in [3.63, 3.8) is 0 Å². The zero-order valence-corrected chi connectivity index (χ0v) is 10.3. The normalized spacial score (nSPS) is 14.0. The molecule has 0 atom stereocenters. The van der Waals surface area contributed by atoms with E-state index in [-0.39, 0.29) is 11.8 Å². The summed E-state index contributed by atoms with van der Waals surface area (Å²) >= 11 is 0. The highest BCUT2D eigenvalue weighted by molar-refractivity contribution is 5.80. The Morgan fingerprint density at radius 3 is 2.50 bits per heavy atom. The lowest BCUT2D eigenvalue weighted by atomic mass is 10.1. The number of nitrogens with one attached hydrogen (secondary N) is 2. The highest BCUT2D eigenvalue weighted by Gasteiger charge is 2.22. The van der Waals surface area contributed by atoms with Gasteiger partial charge in [0.15, 0.2) is 0 Å². The van der Waals surface area contributed by atoms with Gasteiger partial charge >= 0.3 is 0 Å². The van der Waals surface area contributed by atoms with Crippen LogP contribution in [0.4, 0.5) is 0 Å². The van der Waals surface area contributed by atoms with E-state index in [4.69, 9.17) is 0 Å². The number of carbonyl (C=O) groups is 2. The summed E-state index contributed by atoms with van der Waals surface area (Å²) in [6.07, 6.45) is 2.90. The van der Waals surface area contributed by atoms with Crippen LogP contribution in [0.15, 0.2) is 30.3 Å². The summed E-state index contributed by atoms with van der Waals surface area (Å²) in [4.78, 5) is 23.0. The Bertz CT molecular complexity index is 413. The van der Waals surface area contributed by atoms with Crippen molar-refractivity contribution in [1.29, 1.82) is 0 Å². The molecule has 0 aromatic heterocycles. The van der Waals surface area contributed by atoms with Crippen LogP contribution >= 0.6 is 0 Å². The minimum absolute atomic E-state index is 0.0255. The van der Waals surface area contributed by atoms with Crippen molar-refractivity contribution in [3.05, 3.63) is 35.9 Å². The van der Waals surface area contributed by atoms with Gasteiger partial charge in [0.25, 0.3) is 0 Å². The first-order valence-corrected chi connectivity index (χ1v) is 6.34. The molecular formula is C14H18N2O2. The fourth-order valence-corrected chi connectivity index (χ4v) is 1.69. The topological polar surface area (TPSA) is 58.2 Å². The van der Waals surface area contributed by atoms with Crippen LogP contribution < -0.4 is 10.6 Å². The number of rotatable bonds is 6. The second kappa shape index (κ2) is 6.19. The minimum Gasteiger partial charge on any atom is -0.355 e. The van der Waals surface area contributed by atoms with Crippen LogP contribution in [0.2, 0.25) is 0 Å². The molecule has 0 unspecified atom stereocenters. The number of amides is 2. The van der Waals surface area contributed by atoms with Crippen molar-refractivity contribution in [2.75, 3.05) is 6.54 Å². The Kier molecular flexibility index (Phi) is 4.34. The van der Waals surface area contributed by atoms with Crippen LogP contribution in [0.25, 0.3) is 0 Å². The second-order valence-electron chi connectivity index (χ2n) is 4.60. The van der Waals surface area contributed by atoms with Crippen LogP contribution in [0.3, 0.4) is 0 Å². The maximum atomic E-state index is 11.6. The minimum atomic E-state index is -0.0413. The molecule has 18 heavy (non-hydrogen) atoms. The molecule has 0 radical (unpaired) electrons. The highest BCUT2D eigenvalue weighted by atomic mass is 16.2. The van der Waals surface area contributed by atoms with Gasteiger partial charge in [-0.05, 0) is 18.4 Å². The highest BCUT2D eigenvalue weighted by Crippen LogP contribution is 2.18. The number of carbonyl (C=O) groups excluding carboxylic acids is 2. The van der Waals surface area contributed by atoms with Gasteiger partial charge < -0.3 is 10.6 Å². The van der Waals surface area contributed by atoms with E-state index in [0.29, 0.717) is 25.4 Å². The Morgan fingerprint density at radius 2 is 1.83 bits per heavy atom. The van der Waals surface area contributed by atoms with Gasteiger partial charge in [0.05, 0.1) is 6.42 Å². The smallest absolute Gasteiger partial charge is 0.224 e. The van der Waals surface area contributed by atoms with Crippen molar-refractivity contribution in [2.24, 2.45) is 0 Å². The van der Waals surface area contributed by atoms with E-state index in [1.165, 1.54) is 0 Å². The average molecular weight is 246 g/mol. The van der Waals surface area contributed by atoms with E-state index in [1.54, 1.807) is 0 Å². The first-order chi connectivity index (χ1) is 8.74. The molecule has 1 aromatic carbocycles. The van der Waals surface area contributed by atoms with Gasteiger partial charge in [-0.1, -0.05) is 30.3 Å². The standard InChI is InChI=1S/C14H18N2O2/c17-13(16-12-6-7-12)8-9-15-14(18)10-11-4-2-1-3-5-11/h1-5,12H,6-10H2,(H,15,18)(H,16,17). The van der Waals surface area contributed by atoms with E-state index < -0.39 is 0 Å². The molecule has 2 rings (SSSR count). The van der Waals surface area contributed by atoms with E-state index >= 15 is 0 Å². The van der Waals surface area contributed by atoms with Crippen molar-refractivity contribution >= 4 is 11.8 Å².